The lowest BCUT2D eigenvalue weighted by molar-refractivity contribution is -0.898. The molecule has 0 aliphatic carbocycles. The fourth-order valence-electron chi connectivity index (χ4n) is 3.91. The average Bonchev–Trinajstić information content (AvgIpc) is 2.93. The molecular formula is C21H32N3O3+. The first-order valence-electron chi connectivity index (χ1n) is 10.3. The Kier molecular flexibility index (Phi) is 6.72. The molecular weight excluding hydrogens is 342 g/mol. The van der Waals surface area contributed by atoms with Crippen LogP contribution in [0.3, 0.4) is 0 Å². The van der Waals surface area contributed by atoms with Crippen LogP contribution in [0.5, 0.6) is 5.75 Å². The minimum atomic E-state index is -0.519. The van der Waals surface area contributed by atoms with Gasteiger partial charge in [-0.25, -0.2) is 0 Å². The van der Waals surface area contributed by atoms with Crippen LogP contribution < -0.4 is 19.9 Å². The number of benzene rings is 1. The monoisotopic (exact) mass is 374 g/mol. The summed E-state index contributed by atoms with van der Waals surface area (Å²) in [5, 5.41) is 3.00. The number of rotatable bonds is 6. The Bertz CT molecular complexity index is 669. The summed E-state index contributed by atoms with van der Waals surface area (Å²) < 4.78 is 5.81. The van der Waals surface area contributed by atoms with Crippen LogP contribution in [0.1, 0.15) is 44.6 Å². The summed E-state index contributed by atoms with van der Waals surface area (Å²) in [7, 11) is 0. The highest BCUT2D eigenvalue weighted by atomic mass is 16.5. The number of anilines is 1. The number of hydrogen-bond acceptors (Lipinski definition) is 3. The van der Waals surface area contributed by atoms with Crippen molar-refractivity contribution in [2.45, 2.75) is 52.1 Å². The van der Waals surface area contributed by atoms with Crippen LogP contribution in [-0.2, 0) is 9.59 Å². The maximum Gasteiger partial charge on any atom is 0.268 e. The van der Waals surface area contributed by atoms with Crippen molar-refractivity contribution in [3.8, 4) is 5.75 Å². The second-order valence-electron chi connectivity index (χ2n) is 7.67. The Morgan fingerprint density at radius 2 is 2.00 bits per heavy atom. The maximum atomic E-state index is 12.7. The Hall–Kier alpha value is -2.08. The Balaban J connectivity index is 1.58. The summed E-state index contributed by atoms with van der Waals surface area (Å²) in [6.45, 7) is 7.94. The molecule has 0 spiro atoms. The molecule has 1 fully saturated rings. The summed E-state index contributed by atoms with van der Waals surface area (Å²) >= 11 is 0. The molecule has 3 rings (SSSR count). The van der Waals surface area contributed by atoms with Gasteiger partial charge in [0.15, 0.2) is 6.10 Å². The largest absolute Gasteiger partial charge is 0.478 e. The summed E-state index contributed by atoms with van der Waals surface area (Å²) in [4.78, 5) is 28.4. The van der Waals surface area contributed by atoms with Crippen LogP contribution in [0.2, 0.25) is 0 Å². The SMILES string of the molecule is CCC1Oc2ccc(C)cc2N(CC(=O)NCC[NH+]2CCCCCC2)C1=O. The van der Waals surface area contributed by atoms with Crippen LogP contribution in [-0.4, -0.2) is 50.6 Å². The number of quaternary nitrogens is 1. The third-order valence-electron chi connectivity index (χ3n) is 5.50. The highest BCUT2D eigenvalue weighted by Gasteiger charge is 2.34. The molecule has 1 aromatic carbocycles. The quantitative estimate of drug-likeness (QED) is 0.783. The molecule has 0 bridgehead atoms. The zero-order valence-corrected chi connectivity index (χ0v) is 16.6. The van der Waals surface area contributed by atoms with Crippen molar-refractivity contribution < 1.29 is 19.2 Å². The first-order valence-corrected chi connectivity index (χ1v) is 10.3. The maximum absolute atomic E-state index is 12.7. The van der Waals surface area contributed by atoms with Crippen molar-refractivity contribution in [2.75, 3.05) is 37.6 Å². The van der Waals surface area contributed by atoms with E-state index in [9.17, 15) is 9.59 Å². The second-order valence-corrected chi connectivity index (χ2v) is 7.67. The average molecular weight is 375 g/mol. The molecule has 0 radical (unpaired) electrons. The Morgan fingerprint density at radius 1 is 1.26 bits per heavy atom. The number of hydrogen-bond donors (Lipinski definition) is 2. The van der Waals surface area contributed by atoms with E-state index < -0.39 is 6.10 Å². The van der Waals surface area contributed by atoms with E-state index >= 15 is 0 Å². The minimum absolute atomic E-state index is 0.0461. The third-order valence-corrected chi connectivity index (χ3v) is 5.50. The van der Waals surface area contributed by atoms with Gasteiger partial charge in [0.1, 0.15) is 12.3 Å². The molecule has 1 unspecified atom stereocenters. The molecule has 2 aliphatic rings. The standard InChI is InChI=1S/C21H31N3O3/c1-3-18-21(26)24(17-14-16(2)8-9-19(17)27-18)15-20(25)22-10-13-23-11-6-4-5-7-12-23/h8-9,14,18H,3-7,10-13,15H2,1-2H3,(H,22,25)/p+1. The molecule has 6 heteroatoms. The Labute approximate surface area is 161 Å². The molecule has 2 heterocycles. The molecule has 0 aromatic heterocycles. The van der Waals surface area contributed by atoms with E-state index in [-0.39, 0.29) is 18.4 Å². The van der Waals surface area contributed by atoms with Crippen molar-refractivity contribution in [3.63, 3.8) is 0 Å². The van der Waals surface area contributed by atoms with Crippen molar-refractivity contribution >= 4 is 17.5 Å². The van der Waals surface area contributed by atoms with E-state index in [1.807, 2.05) is 32.0 Å². The van der Waals surface area contributed by atoms with E-state index in [1.54, 1.807) is 9.80 Å². The van der Waals surface area contributed by atoms with Crippen LogP contribution in [0.25, 0.3) is 0 Å². The second kappa shape index (κ2) is 9.22. The van der Waals surface area contributed by atoms with Crippen LogP contribution in [0.15, 0.2) is 18.2 Å². The van der Waals surface area contributed by atoms with E-state index in [0.29, 0.717) is 24.4 Å². The normalized spacial score (nSPS) is 20.6. The van der Waals surface area contributed by atoms with E-state index in [0.717, 1.165) is 12.1 Å². The number of amides is 2. The zero-order valence-electron chi connectivity index (χ0n) is 16.6. The minimum Gasteiger partial charge on any atom is -0.478 e. The number of ether oxygens (including phenoxy) is 1. The van der Waals surface area contributed by atoms with Gasteiger partial charge in [-0.3, -0.25) is 14.5 Å². The fourth-order valence-corrected chi connectivity index (χ4v) is 3.91. The summed E-state index contributed by atoms with van der Waals surface area (Å²) in [5.74, 6) is 0.430. The highest BCUT2D eigenvalue weighted by Crippen LogP contribution is 2.35. The van der Waals surface area contributed by atoms with Crippen LogP contribution in [0.4, 0.5) is 5.69 Å². The lowest BCUT2D eigenvalue weighted by Gasteiger charge is -2.34. The first-order chi connectivity index (χ1) is 13.1. The predicted octanol–water partition coefficient (Wildman–Crippen LogP) is 1.07. The predicted molar refractivity (Wildman–Crippen MR) is 105 cm³/mol. The molecule has 2 N–H and O–H groups in total. The number of carbonyl (C=O) groups excluding carboxylic acids is 2. The van der Waals surface area contributed by atoms with Gasteiger partial charge in [-0.2, -0.15) is 0 Å². The van der Waals surface area contributed by atoms with E-state index in [2.05, 4.69) is 5.32 Å². The Morgan fingerprint density at radius 3 is 2.70 bits per heavy atom. The van der Waals surface area contributed by atoms with E-state index in [1.165, 1.54) is 38.8 Å². The summed E-state index contributed by atoms with van der Waals surface area (Å²) in [5.41, 5.74) is 1.73. The van der Waals surface area contributed by atoms with Crippen molar-refractivity contribution in [1.82, 2.24) is 5.32 Å². The zero-order chi connectivity index (χ0) is 19.2. The van der Waals surface area contributed by atoms with Crippen molar-refractivity contribution in [1.29, 1.82) is 0 Å². The van der Waals surface area contributed by atoms with Gasteiger partial charge in [0.2, 0.25) is 5.91 Å². The van der Waals surface area contributed by atoms with Gasteiger partial charge in [0.25, 0.3) is 5.91 Å². The number of nitrogens with one attached hydrogen (secondary N) is 2. The van der Waals surface area contributed by atoms with Gasteiger partial charge in [0, 0.05) is 0 Å². The number of fused-ring (bicyclic) bond motifs is 1. The van der Waals surface area contributed by atoms with Gasteiger partial charge in [-0.1, -0.05) is 13.0 Å². The van der Waals surface area contributed by atoms with Crippen LogP contribution in [0, 0.1) is 6.92 Å². The van der Waals surface area contributed by atoms with Gasteiger partial charge in [0.05, 0.1) is 31.9 Å². The molecule has 1 saturated heterocycles. The van der Waals surface area contributed by atoms with Crippen molar-refractivity contribution in [3.05, 3.63) is 23.8 Å². The van der Waals surface area contributed by atoms with Gasteiger partial charge >= 0.3 is 0 Å². The number of nitrogens with zero attached hydrogens (tertiary/aromatic N) is 1. The van der Waals surface area contributed by atoms with Gasteiger partial charge in [-0.15, -0.1) is 0 Å². The summed E-state index contributed by atoms with van der Waals surface area (Å²) in [6.07, 6.45) is 5.27. The first kappa shape index (κ1) is 19.7. The topological polar surface area (TPSA) is 63.1 Å². The molecule has 6 nitrogen and oxygen atoms in total. The lowest BCUT2D eigenvalue weighted by atomic mass is 10.1. The highest BCUT2D eigenvalue weighted by molar-refractivity contribution is 6.03. The number of aryl methyl sites for hydroxylation is 1. The fraction of sp³-hybridized carbons (Fsp3) is 0.619. The molecule has 2 amide bonds. The van der Waals surface area contributed by atoms with Crippen LogP contribution >= 0.6 is 0 Å². The number of carbonyl (C=O) groups is 2. The molecule has 2 aliphatic heterocycles. The summed E-state index contributed by atoms with van der Waals surface area (Å²) in [6, 6.07) is 5.75. The smallest absolute Gasteiger partial charge is 0.268 e. The van der Waals surface area contributed by atoms with Gasteiger partial charge in [-0.05, 0) is 56.7 Å². The third kappa shape index (κ3) is 5.01. The van der Waals surface area contributed by atoms with Gasteiger partial charge < -0.3 is 15.0 Å². The molecule has 1 aromatic rings. The molecule has 1 atom stereocenters. The van der Waals surface area contributed by atoms with Crippen molar-refractivity contribution in [2.24, 2.45) is 0 Å². The lowest BCUT2D eigenvalue weighted by Crippen LogP contribution is -3.12. The van der Waals surface area contributed by atoms with E-state index in [4.69, 9.17) is 4.74 Å². The molecule has 27 heavy (non-hydrogen) atoms. The number of likely N-dealkylation sites (tertiary alicyclic amines) is 1. The molecule has 148 valence electrons. The molecule has 0 saturated carbocycles.